The number of terminal acetylenes is 1. The lowest BCUT2D eigenvalue weighted by Gasteiger charge is -2.02. The molecule has 0 aliphatic rings. The zero-order valence-corrected chi connectivity index (χ0v) is 8.58. The quantitative estimate of drug-likeness (QED) is 0.574. The van der Waals surface area contributed by atoms with Crippen LogP contribution in [0.15, 0.2) is 18.5 Å². The monoisotopic (exact) mass is 220 g/mol. The number of unbranched alkanes of at least 4 members (excludes halogenated alkanes) is 1. The summed E-state index contributed by atoms with van der Waals surface area (Å²) in [4.78, 5) is 4.00. The van der Waals surface area contributed by atoms with Crippen LogP contribution in [0.5, 0.6) is 0 Å². The van der Waals surface area contributed by atoms with Gasteiger partial charge in [0.1, 0.15) is 0 Å². The van der Waals surface area contributed by atoms with Crippen molar-refractivity contribution in [2.24, 2.45) is 0 Å². The van der Waals surface area contributed by atoms with E-state index in [2.05, 4.69) is 10.9 Å². The number of hydrogen-bond donors (Lipinski definition) is 0. The molecule has 0 aliphatic heterocycles. The molecule has 2 aromatic rings. The average molecular weight is 220 g/mol. The summed E-state index contributed by atoms with van der Waals surface area (Å²) in [5.74, 6) is 0.802. The minimum atomic E-state index is -0.874. The second-order valence-corrected chi connectivity index (χ2v) is 3.50. The normalized spacial score (nSPS) is 10.6. The highest BCUT2D eigenvalue weighted by Crippen LogP contribution is 2.17. The molecule has 1 aromatic heterocycles. The van der Waals surface area contributed by atoms with Crippen molar-refractivity contribution in [2.45, 2.75) is 19.4 Å². The molecule has 0 N–H and O–H groups in total. The van der Waals surface area contributed by atoms with Crippen LogP contribution in [0.25, 0.3) is 11.0 Å². The summed E-state index contributed by atoms with van der Waals surface area (Å²) < 4.78 is 27.7. The first kappa shape index (κ1) is 10.6. The fourth-order valence-corrected chi connectivity index (χ4v) is 1.58. The summed E-state index contributed by atoms with van der Waals surface area (Å²) in [5, 5.41) is 0. The average Bonchev–Trinajstić information content (AvgIpc) is 2.63. The highest BCUT2D eigenvalue weighted by molar-refractivity contribution is 5.75. The van der Waals surface area contributed by atoms with Crippen LogP contribution in [0.4, 0.5) is 8.78 Å². The molecule has 2 rings (SSSR count). The van der Waals surface area contributed by atoms with E-state index in [1.165, 1.54) is 0 Å². The molecule has 0 fully saturated rings. The molecule has 1 aromatic carbocycles. The Morgan fingerprint density at radius 3 is 2.81 bits per heavy atom. The standard InChI is InChI=1S/C12H10F2N2/c1-2-3-4-5-16-8-15-11-6-9(13)10(14)7-12(11)16/h1,6-8H,3-5H2. The maximum atomic E-state index is 13.0. The molecule has 16 heavy (non-hydrogen) atoms. The van der Waals surface area contributed by atoms with Crippen molar-refractivity contribution in [3.05, 3.63) is 30.1 Å². The van der Waals surface area contributed by atoms with Gasteiger partial charge in [-0.05, 0) is 6.42 Å². The van der Waals surface area contributed by atoms with E-state index in [0.717, 1.165) is 18.6 Å². The van der Waals surface area contributed by atoms with Crippen molar-refractivity contribution < 1.29 is 8.78 Å². The third-order valence-corrected chi connectivity index (χ3v) is 2.38. The smallest absolute Gasteiger partial charge is 0.161 e. The van der Waals surface area contributed by atoms with Crippen molar-refractivity contribution in [1.29, 1.82) is 0 Å². The van der Waals surface area contributed by atoms with Crippen LogP contribution in [0.3, 0.4) is 0 Å². The van der Waals surface area contributed by atoms with Crippen molar-refractivity contribution in [2.75, 3.05) is 0 Å². The maximum absolute atomic E-state index is 13.0. The van der Waals surface area contributed by atoms with Gasteiger partial charge in [-0.25, -0.2) is 13.8 Å². The predicted octanol–water partition coefficient (Wildman–Crippen LogP) is 2.73. The van der Waals surface area contributed by atoms with Gasteiger partial charge >= 0.3 is 0 Å². The van der Waals surface area contributed by atoms with Crippen LogP contribution < -0.4 is 0 Å². The van der Waals surface area contributed by atoms with Gasteiger partial charge in [0, 0.05) is 25.1 Å². The van der Waals surface area contributed by atoms with Crippen LogP contribution in [-0.2, 0) is 6.54 Å². The highest BCUT2D eigenvalue weighted by atomic mass is 19.2. The minimum Gasteiger partial charge on any atom is -0.330 e. The van der Waals surface area contributed by atoms with E-state index in [1.807, 2.05) is 0 Å². The second kappa shape index (κ2) is 4.31. The van der Waals surface area contributed by atoms with Gasteiger partial charge in [0.05, 0.1) is 17.4 Å². The SMILES string of the molecule is C#CCCCn1cnc2cc(F)c(F)cc21. The van der Waals surface area contributed by atoms with Gasteiger partial charge < -0.3 is 4.57 Å². The molecular weight excluding hydrogens is 210 g/mol. The van der Waals surface area contributed by atoms with Crippen molar-refractivity contribution in [3.63, 3.8) is 0 Å². The van der Waals surface area contributed by atoms with E-state index in [4.69, 9.17) is 6.42 Å². The Hall–Kier alpha value is -1.89. The number of aryl methyl sites for hydroxylation is 1. The Morgan fingerprint density at radius 2 is 2.06 bits per heavy atom. The first-order valence-corrected chi connectivity index (χ1v) is 4.95. The Balaban J connectivity index is 2.33. The third-order valence-electron chi connectivity index (χ3n) is 2.38. The van der Waals surface area contributed by atoms with E-state index in [-0.39, 0.29) is 0 Å². The van der Waals surface area contributed by atoms with E-state index >= 15 is 0 Å². The molecule has 2 nitrogen and oxygen atoms in total. The number of fused-ring (bicyclic) bond motifs is 1. The molecule has 0 saturated carbocycles. The highest BCUT2D eigenvalue weighted by Gasteiger charge is 2.08. The summed E-state index contributed by atoms with van der Waals surface area (Å²) in [7, 11) is 0. The summed E-state index contributed by atoms with van der Waals surface area (Å²) in [6.07, 6.45) is 8.16. The number of benzene rings is 1. The van der Waals surface area contributed by atoms with E-state index in [1.54, 1.807) is 10.9 Å². The molecule has 0 atom stereocenters. The van der Waals surface area contributed by atoms with E-state index in [9.17, 15) is 8.78 Å². The van der Waals surface area contributed by atoms with Gasteiger partial charge in [0.2, 0.25) is 0 Å². The molecule has 0 unspecified atom stereocenters. The first-order valence-electron chi connectivity index (χ1n) is 4.95. The lowest BCUT2D eigenvalue weighted by atomic mass is 10.2. The minimum absolute atomic E-state index is 0.458. The molecule has 4 heteroatoms. The number of hydrogen-bond acceptors (Lipinski definition) is 1. The zero-order chi connectivity index (χ0) is 11.5. The molecular formula is C12H10F2N2. The molecule has 0 aliphatic carbocycles. The van der Waals surface area contributed by atoms with Crippen LogP contribution in [-0.4, -0.2) is 9.55 Å². The lowest BCUT2D eigenvalue weighted by molar-refractivity contribution is 0.510. The third kappa shape index (κ3) is 1.89. The molecule has 0 radical (unpaired) electrons. The second-order valence-electron chi connectivity index (χ2n) is 3.50. The van der Waals surface area contributed by atoms with Crippen molar-refractivity contribution >= 4 is 11.0 Å². The molecule has 0 spiro atoms. The lowest BCUT2D eigenvalue weighted by Crippen LogP contribution is -1.96. The number of aromatic nitrogens is 2. The van der Waals surface area contributed by atoms with Gasteiger partial charge in [0.25, 0.3) is 0 Å². The first-order chi connectivity index (χ1) is 7.72. The summed E-state index contributed by atoms with van der Waals surface area (Å²) >= 11 is 0. The predicted molar refractivity (Wildman–Crippen MR) is 57.7 cm³/mol. The van der Waals surface area contributed by atoms with Gasteiger partial charge in [0.15, 0.2) is 11.6 Å². The summed E-state index contributed by atoms with van der Waals surface area (Å²) in [5.41, 5.74) is 1.05. The Morgan fingerprint density at radius 1 is 1.31 bits per heavy atom. The topological polar surface area (TPSA) is 17.8 Å². The van der Waals surface area contributed by atoms with Crippen molar-refractivity contribution in [1.82, 2.24) is 9.55 Å². The van der Waals surface area contributed by atoms with Crippen LogP contribution in [0.2, 0.25) is 0 Å². The number of nitrogens with zero attached hydrogens (tertiary/aromatic N) is 2. The largest absolute Gasteiger partial charge is 0.330 e. The molecule has 0 amide bonds. The Labute approximate surface area is 91.9 Å². The molecule has 82 valence electrons. The fourth-order valence-electron chi connectivity index (χ4n) is 1.58. The van der Waals surface area contributed by atoms with Gasteiger partial charge in [-0.15, -0.1) is 12.3 Å². The molecule has 0 saturated heterocycles. The number of imidazole rings is 1. The Kier molecular flexibility index (Phi) is 2.86. The fraction of sp³-hybridized carbons (Fsp3) is 0.250. The van der Waals surface area contributed by atoms with Crippen molar-refractivity contribution in [3.8, 4) is 12.3 Å². The summed E-state index contributed by atoms with van der Waals surface area (Å²) in [6, 6.07) is 2.26. The number of rotatable bonds is 3. The van der Waals surface area contributed by atoms with Crippen LogP contribution in [0, 0.1) is 24.0 Å². The molecule has 1 heterocycles. The van der Waals surface area contributed by atoms with E-state index in [0.29, 0.717) is 24.0 Å². The van der Waals surface area contributed by atoms with Gasteiger partial charge in [-0.2, -0.15) is 0 Å². The van der Waals surface area contributed by atoms with Gasteiger partial charge in [-0.1, -0.05) is 0 Å². The maximum Gasteiger partial charge on any atom is 0.161 e. The number of halogens is 2. The van der Waals surface area contributed by atoms with Crippen LogP contribution in [0.1, 0.15) is 12.8 Å². The summed E-state index contributed by atoms with van der Waals surface area (Å²) in [6.45, 7) is 0.659. The van der Waals surface area contributed by atoms with E-state index < -0.39 is 11.6 Å². The van der Waals surface area contributed by atoms with Crippen LogP contribution >= 0.6 is 0 Å². The van der Waals surface area contributed by atoms with Gasteiger partial charge in [-0.3, -0.25) is 0 Å². The molecule has 0 bridgehead atoms. The Bertz CT molecular complexity index is 552. The zero-order valence-electron chi connectivity index (χ0n) is 8.58.